The van der Waals surface area contributed by atoms with E-state index in [4.69, 9.17) is 21.1 Å². The Hall–Kier alpha value is -0.730. The molecule has 2 N–H and O–H groups in total. The zero-order valence-electron chi connectivity index (χ0n) is 14.5. The van der Waals surface area contributed by atoms with E-state index in [0.717, 1.165) is 50.9 Å². The highest BCUT2D eigenvalue weighted by molar-refractivity contribution is 14.0. The Morgan fingerprint density at radius 2 is 2.00 bits per heavy atom. The van der Waals surface area contributed by atoms with E-state index in [1.807, 2.05) is 25.1 Å². The van der Waals surface area contributed by atoms with Gasteiger partial charge in [-0.1, -0.05) is 17.7 Å². The van der Waals surface area contributed by atoms with Crippen molar-refractivity contribution < 1.29 is 9.47 Å². The molecule has 0 radical (unpaired) electrons. The molecule has 1 aromatic rings. The molecule has 0 atom stereocenters. The van der Waals surface area contributed by atoms with Gasteiger partial charge in [0, 0.05) is 31.3 Å². The molecule has 0 fully saturated rings. The van der Waals surface area contributed by atoms with Gasteiger partial charge in [0.05, 0.1) is 6.54 Å². The van der Waals surface area contributed by atoms with Gasteiger partial charge in [-0.2, -0.15) is 0 Å². The lowest BCUT2D eigenvalue weighted by Crippen LogP contribution is -2.39. The van der Waals surface area contributed by atoms with Gasteiger partial charge in [-0.25, -0.2) is 0 Å². The lowest BCUT2D eigenvalue weighted by molar-refractivity contribution is 0.144. The summed E-state index contributed by atoms with van der Waals surface area (Å²) in [6.45, 7) is 8.50. The van der Waals surface area contributed by atoms with E-state index in [9.17, 15) is 0 Å². The minimum Gasteiger partial charge on any atom is -0.492 e. The number of nitrogens with zero attached hydrogens (tertiary/aromatic N) is 1. The van der Waals surface area contributed by atoms with Gasteiger partial charge < -0.3 is 20.1 Å². The lowest BCUT2D eigenvalue weighted by atomic mass is 10.3. The molecule has 5 nitrogen and oxygen atoms in total. The Labute approximate surface area is 167 Å². The van der Waals surface area contributed by atoms with Crippen LogP contribution >= 0.6 is 35.6 Å². The molecular formula is C17H29ClIN3O2. The number of rotatable bonds is 11. The molecule has 1 aromatic carbocycles. The molecule has 138 valence electrons. The Bertz CT molecular complexity index is 461. The predicted molar refractivity (Wildman–Crippen MR) is 112 cm³/mol. The van der Waals surface area contributed by atoms with Gasteiger partial charge in [0.15, 0.2) is 5.96 Å². The summed E-state index contributed by atoms with van der Waals surface area (Å²) in [5.41, 5.74) is 0. The zero-order valence-corrected chi connectivity index (χ0v) is 17.6. The minimum absolute atomic E-state index is 0. The topological polar surface area (TPSA) is 54.9 Å². The maximum absolute atomic E-state index is 5.92. The first kappa shape index (κ1) is 23.3. The van der Waals surface area contributed by atoms with Crippen LogP contribution in [-0.2, 0) is 4.74 Å². The molecule has 0 aliphatic heterocycles. The first-order valence-electron chi connectivity index (χ1n) is 8.24. The van der Waals surface area contributed by atoms with Crippen molar-refractivity contribution in [2.75, 3.05) is 39.5 Å². The molecule has 7 heteroatoms. The van der Waals surface area contributed by atoms with Crippen molar-refractivity contribution in [3.63, 3.8) is 0 Å². The molecule has 0 saturated heterocycles. The molecule has 0 heterocycles. The monoisotopic (exact) mass is 469 g/mol. The van der Waals surface area contributed by atoms with Crippen LogP contribution in [0.25, 0.3) is 0 Å². The molecular weight excluding hydrogens is 441 g/mol. The summed E-state index contributed by atoms with van der Waals surface area (Å²) in [4.78, 5) is 4.53. The van der Waals surface area contributed by atoms with Gasteiger partial charge in [0.2, 0.25) is 0 Å². The van der Waals surface area contributed by atoms with Gasteiger partial charge >= 0.3 is 0 Å². The Morgan fingerprint density at radius 1 is 1.17 bits per heavy atom. The third kappa shape index (κ3) is 11.8. The summed E-state index contributed by atoms with van der Waals surface area (Å²) in [7, 11) is 0. The van der Waals surface area contributed by atoms with Crippen LogP contribution in [0.1, 0.15) is 26.7 Å². The molecule has 0 aliphatic carbocycles. The molecule has 1 rings (SSSR count). The van der Waals surface area contributed by atoms with Crippen molar-refractivity contribution in [3.8, 4) is 5.75 Å². The maximum atomic E-state index is 5.92. The molecule has 0 aromatic heterocycles. The number of hydrogen-bond donors (Lipinski definition) is 2. The molecule has 0 amide bonds. The van der Waals surface area contributed by atoms with Crippen LogP contribution in [0.2, 0.25) is 5.02 Å². The summed E-state index contributed by atoms with van der Waals surface area (Å²) < 4.78 is 11.0. The van der Waals surface area contributed by atoms with E-state index in [1.165, 1.54) is 0 Å². The number of aliphatic imine (C=N–C) groups is 1. The van der Waals surface area contributed by atoms with Gasteiger partial charge in [0.1, 0.15) is 12.4 Å². The smallest absolute Gasteiger partial charge is 0.191 e. The predicted octanol–water partition coefficient (Wildman–Crippen LogP) is 3.71. The number of halogens is 2. The number of benzene rings is 1. The first-order chi connectivity index (χ1) is 11.3. The van der Waals surface area contributed by atoms with Crippen molar-refractivity contribution in [3.05, 3.63) is 29.3 Å². The van der Waals surface area contributed by atoms with Gasteiger partial charge in [-0.05, 0) is 44.9 Å². The van der Waals surface area contributed by atoms with Crippen molar-refractivity contribution in [2.45, 2.75) is 26.7 Å². The van der Waals surface area contributed by atoms with Crippen molar-refractivity contribution in [1.82, 2.24) is 10.6 Å². The third-order valence-electron chi connectivity index (χ3n) is 2.97. The standard InChI is InChI=1S/C17H28ClN3O2.HI/c1-3-19-17(20-10-5-6-12-22-4-2)21-11-13-23-16-9-7-8-15(18)14-16;/h7-9,14H,3-6,10-13H2,1-2H3,(H2,19,20,21);1H. The van der Waals surface area contributed by atoms with Crippen LogP contribution in [0, 0.1) is 0 Å². The number of unbranched alkanes of at least 4 members (excludes halogenated alkanes) is 1. The third-order valence-corrected chi connectivity index (χ3v) is 3.21. The Kier molecular flexibility index (Phi) is 15.3. The van der Waals surface area contributed by atoms with E-state index in [0.29, 0.717) is 18.2 Å². The van der Waals surface area contributed by atoms with Crippen LogP contribution < -0.4 is 15.4 Å². The second-order valence-corrected chi connectivity index (χ2v) is 5.33. The number of guanidine groups is 1. The normalized spacial score (nSPS) is 10.9. The highest BCUT2D eigenvalue weighted by atomic mass is 127. The molecule has 0 unspecified atom stereocenters. The number of nitrogens with one attached hydrogen (secondary N) is 2. The summed E-state index contributed by atoms with van der Waals surface area (Å²) in [6.07, 6.45) is 2.06. The second kappa shape index (κ2) is 15.8. The summed E-state index contributed by atoms with van der Waals surface area (Å²) in [5.74, 6) is 1.59. The van der Waals surface area contributed by atoms with Crippen molar-refractivity contribution in [1.29, 1.82) is 0 Å². The van der Waals surface area contributed by atoms with E-state index >= 15 is 0 Å². The average Bonchev–Trinajstić information content (AvgIpc) is 2.54. The van der Waals surface area contributed by atoms with E-state index in [1.54, 1.807) is 6.07 Å². The van der Waals surface area contributed by atoms with Gasteiger partial charge in [-0.3, -0.25) is 4.99 Å². The summed E-state index contributed by atoms with van der Waals surface area (Å²) in [5, 5.41) is 7.16. The van der Waals surface area contributed by atoms with Crippen molar-refractivity contribution >= 4 is 41.5 Å². The minimum atomic E-state index is 0. The number of hydrogen-bond acceptors (Lipinski definition) is 3. The van der Waals surface area contributed by atoms with Gasteiger partial charge in [-0.15, -0.1) is 24.0 Å². The molecule has 0 aliphatic rings. The van der Waals surface area contributed by atoms with Crippen molar-refractivity contribution in [2.24, 2.45) is 4.99 Å². The SMILES string of the molecule is CCNC(=NCCCCOCC)NCCOc1cccc(Cl)c1.I. The highest BCUT2D eigenvalue weighted by Gasteiger charge is 1.98. The molecule has 24 heavy (non-hydrogen) atoms. The fraction of sp³-hybridized carbons (Fsp3) is 0.588. The molecule has 0 spiro atoms. The number of ether oxygens (including phenoxy) is 2. The van der Waals surface area contributed by atoms with Crippen LogP contribution in [0.15, 0.2) is 29.3 Å². The van der Waals surface area contributed by atoms with Crippen LogP contribution in [0.4, 0.5) is 0 Å². The quantitative estimate of drug-likeness (QED) is 0.225. The van der Waals surface area contributed by atoms with E-state index in [2.05, 4.69) is 22.5 Å². The lowest BCUT2D eigenvalue weighted by Gasteiger charge is -2.12. The Balaban J connectivity index is 0.00000529. The van der Waals surface area contributed by atoms with Crippen LogP contribution in [0.3, 0.4) is 0 Å². The zero-order chi connectivity index (χ0) is 16.8. The Morgan fingerprint density at radius 3 is 2.71 bits per heavy atom. The van der Waals surface area contributed by atoms with E-state index < -0.39 is 0 Å². The van der Waals surface area contributed by atoms with Gasteiger partial charge in [0.25, 0.3) is 0 Å². The van der Waals surface area contributed by atoms with Crippen LogP contribution in [0.5, 0.6) is 5.75 Å². The average molecular weight is 470 g/mol. The second-order valence-electron chi connectivity index (χ2n) is 4.90. The fourth-order valence-corrected chi connectivity index (χ4v) is 2.07. The fourth-order valence-electron chi connectivity index (χ4n) is 1.89. The largest absolute Gasteiger partial charge is 0.492 e. The highest BCUT2D eigenvalue weighted by Crippen LogP contribution is 2.16. The first-order valence-corrected chi connectivity index (χ1v) is 8.62. The van der Waals surface area contributed by atoms with E-state index in [-0.39, 0.29) is 24.0 Å². The maximum Gasteiger partial charge on any atom is 0.191 e. The molecule has 0 bridgehead atoms. The summed E-state index contributed by atoms with van der Waals surface area (Å²) >= 11 is 5.92. The summed E-state index contributed by atoms with van der Waals surface area (Å²) in [6, 6.07) is 7.40. The molecule has 0 saturated carbocycles. The van der Waals surface area contributed by atoms with Crippen LogP contribution in [-0.4, -0.2) is 45.4 Å².